The first-order valence-corrected chi connectivity index (χ1v) is 7.04. The van der Waals surface area contributed by atoms with Crippen molar-refractivity contribution in [1.29, 1.82) is 0 Å². The van der Waals surface area contributed by atoms with Crippen LogP contribution in [-0.4, -0.2) is 39.6 Å². The number of hydrogen-bond acceptors (Lipinski definition) is 4. The molecule has 1 aliphatic rings. The first kappa shape index (κ1) is 14.6. The molecular weight excluding hydrogens is 260 g/mol. The van der Waals surface area contributed by atoms with E-state index in [1.54, 1.807) is 0 Å². The largest absolute Gasteiger partial charge is 0.480 e. The molecule has 0 bridgehead atoms. The van der Waals surface area contributed by atoms with Crippen LogP contribution in [0.4, 0.5) is 0 Å². The van der Waals surface area contributed by atoms with Gasteiger partial charge in [-0.25, -0.2) is 0 Å². The topological polar surface area (TPSA) is 83.6 Å². The summed E-state index contributed by atoms with van der Waals surface area (Å²) >= 11 is 0. The maximum atomic E-state index is 12.6. The molecule has 2 rings (SSSR count). The molecule has 1 N–H and O–H groups in total. The predicted octanol–water partition coefficient (Wildman–Crippen LogP) is 1.88. The minimum Gasteiger partial charge on any atom is -0.480 e. The Kier molecular flexibility index (Phi) is 4.42. The second-order valence-electron chi connectivity index (χ2n) is 5.22. The minimum absolute atomic E-state index is 0.144. The van der Waals surface area contributed by atoms with Gasteiger partial charge in [0.05, 0.1) is 0 Å². The van der Waals surface area contributed by atoms with Gasteiger partial charge in [0.15, 0.2) is 5.69 Å². The maximum absolute atomic E-state index is 12.6. The molecule has 1 amide bonds. The Morgan fingerprint density at radius 1 is 1.40 bits per heavy atom. The summed E-state index contributed by atoms with van der Waals surface area (Å²) in [6.45, 7) is 3.45. The van der Waals surface area contributed by atoms with Crippen LogP contribution in [0.25, 0.3) is 0 Å². The highest BCUT2D eigenvalue weighted by molar-refractivity contribution is 5.95. The number of nitrogens with zero attached hydrogens (tertiary/aromatic N) is 2. The van der Waals surface area contributed by atoms with Crippen LogP contribution in [0.2, 0.25) is 0 Å². The molecule has 20 heavy (non-hydrogen) atoms. The van der Waals surface area contributed by atoms with Crippen molar-refractivity contribution in [2.45, 2.75) is 52.0 Å². The van der Waals surface area contributed by atoms with Crippen LogP contribution in [0.15, 0.2) is 4.52 Å². The van der Waals surface area contributed by atoms with Gasteiger partial charge in [0, 0.05) is 18.0 Å². The molecule has 110 valence electrons. The summed E-state index contributed by atoms with van der Waals surface area (Å²) < 4.78 is 5.23. The van der Waals surface area contributed by atoms with Crippen molar-refractivity contribution in [2.75, 3.05) is 6.54 Å². The number of hydrogen-bond donors (Lipinski definition) is 1. The lowest BCUT2D eigenvalue weighted by Gasteiger charge is -2.26. The molecule has 1 atom stereocenters. The van der Waals surface area contributed by atoms with Crippen LogP contribution in [0.5, 0.6) is 0 Å². The Morgan fingerprint density at radius 2 is 2.10 bits per heavy atom. The van der Waals surface area contributed by atoms with Gasteiger partial charge in [-0.2, -0.15) is 0 Å². The van der Waals surface area contributed by atoms with Gasteiger partial charge < -0.3 is 14.5 Å². The lowest BCUT2D eigenvalue weighted by Crippen LogP contribution is -2.42. The number of aromatic nitrogens is 1. The van der Waals surface area contributed by atoms with Gasteiger partial charge in [0.25, 0.3) is 5.91 Å². The van der Waals surface area contributed by atoms with E-state index in [1.165, 1.54) is 4.90 Å². The third-order valence-electron chi connectivity index (χ3n) is 3.84. The molecule has 6 nitrogen and oxygen atoms in total. The first-order valence-electron chi connectivity index (χ1n) is 7.04. The molecule has 1 heterocycles. The van der Waals surface area contributed by atoms with E-state index < -0.39 is 5.97 Å². The van der Waals surface area contributed by atoms with Gasteiger partial charge >= 0.3 is 5.97 Å². The molecule has 0 saturated heterocycles. The zero-order chi connectivity index (χ0) is 14.7. The van der Waals surface area contributed by atoms with Gasteiger partial charge in [-0.3, -0.25) is 9.59 Å². The molecule has 0 unspecified atom stereocenters. The Bertz CT molecular complexity index is 509. The fourth-order valence-electron chi connectivity index (χ4n) is 2.48. The molecule has 0 saturated carbocycles. The van der Waals surface area contributed by atoms with E-state index in [4.69, 9.17) is 9.63 Å². The van der Waals surface area contributed by atoms with Gasteiger partial charge in [0.1, 0.15) is 12.3 Å². The van der Waals surface area contributed by atoms with Crippen LogP contribution >= 0.6 is 0 Å². The highest BCUT2D eigenvalue weighted by atomic mass is 16.5. The summed E-state index contributed by atoms with van der Waals surface area (Å²) in [7, 11) is 0. The average Bonchev–Trinajstić information content (AvgIpc) is 2.87. The SMILES string of the molecule is CC[C@H](C)N(CC(=O)O)C(=O)c1noc2c1CCCC2. The first-order chi connectivity index (χ1) is 9.54. The van der Waals surface area contributed by atoms with Crippen LogP contribution in [0, 0.1) is 0 Å². The smallest absolute Gasteiger partial charge is 0.323 e. The summed E-state index contributed by atoms with van der Waals surface area (Å²) in [5, 5.41) is 12.9. The molecule has 0 spiro atoms. The highest BCUT2D eigenvalue weighted by Gasteiger charge is 2.30. The van der Waals surface area contributed by atoms with E-state index in [0.29, 0.717) is 12.1 Å². The van der Waals surface area contributed by atoms with E-state index >= 15 is 0 Å². The second kappa shape index (κ2) is 6.07. The fourth-order valence-corrected chi connectivity index (χ4v) is 2.48. The van der Waals surface area contributed by atoms with Crippen molar-refractivity contribution in [1.82, 2.24) is 10.1 Å². The summed E-state index contributed by atoms with van der Waals surface area (Å²) in [5.74, 6) is -0.580. The number of carbonyl (C=O) groups excluding carboxylic acids is 1. The van der Waals surface area contributed by atoms with Crippen LogP contribution in [0.3, 0.4) is 0 Å². The van der Waals surface area contributed by atoms with Crippen molar-refractivity contribution in [3.05, 3.63) is 17.0 Å². The number of rotatable bonds is 5. The fraction of sp³-hybridized carbons (Fsp3) is 0.643. The average molecular weight is 280 g/mol. The highest BCUT2D eigenvalue weighted by Crippen LogP contribution is 2.25. The Labute approximate surface area is 117 Å². The van der Waals surface area contributed by atoms with Crippen LogP contribution < -0.4 is 0 Å². The number of carboxylic acid groups (broad SMARTS) is 1. The molecule has 0 fully saturated rings. The molecule has 1 aliphatic carbocycles. The number of aliphatic carboxylic acids is 1. The Balaban J connectivity index is 2.27. The number of aryl methyl sites for hydroxylation is 1. The van der Waals surface area contributed by atoms with Gasteiger partial charge in [-0.1, -0.05) is 12.1 Å². The van der Waals surface area contributed by atoms with Crippen LogP contribution in [0.1, 0.15) is 54.9 Å². The molecule has 0 aromatic carbocycles. The van der Waals surface area contributed by atoms with Crippen LogP contribution in [-0.2, 0) is 17.6 Å². The maximum Gasteiger partial charge on any atom is 0.323 e. The van der Waals surface area contributed by atoms with Gasteiger partial charge in [-0.15, -0.1) is 0 Å². The zero-order valence-electron chi connectivity index (χ0n) is 11.9. The third kappa shape index (κ3) is 2.84. The number of carboxylic acids is 1. The van der Waals surface area contributed by atoms with Crippen molar-refractivity contribution >= 4 is 11.9 Å². The monoisotopic (exact) mass is 280 g/mol. The Hall–Kier alpha value is -1.85. The molecule has 6 heteroatoms. The lowest BCUT2D eigenvalue weighted by molar-refractivity contribution is -0.138. The van der Waals surface area contributed by atoms with Crippen molar-refractivity contribution < 1.29 is 19.2 Å². The number of fused-ring (bicyclic) bond motifs is 1. The van der Waals surface area contributed by atoms with E-state index in [0.717, 1.165) is 37.0 Å². The third-order valence-corrected chi connectivity index (χ3v) is 3.84. The Morgan fingerprint density at radius 3 is 2.75 bits per heavy atom. The quantitative estimate of drug-likeness (QED) is 0.890. The van der Waals surface area contributed by atoms with E-state index in [1.807, 2.05) is 13.8 Å². The zero-order valence-corrected chi connectivity index (χ0v) is 11.9. The summed E-state index contributed by atoms with van der Waals surface area (Å²) in [6, 6.07) is -0.144. The number of amides is 1. The lowest BCUT2D eigenvalue weighted by atomic mass is 9.96. The predicted molar refractivity (Wildman–Crippen MR) is 71.6 cm³/mol. The molecule has 0 aliphatic heterocycles. The van der Waals surface area contributed by atoms with Crippen molar-refractivity contribution in [2.24, 2.45) is 0 Å². The molecule has 1 aromatic heterocycles. The van der Waals surface area contributed by atoms with E-state index in [-0.39, 0.29) is 18.5 Å². The van der Waals surface area contributed by atoms with Gasteiger partial charge in [-0.05, 0) is 32.6 Å². The van der Waals surface area contributed by atoms with Crippen molar-refractivity contribution in [3.8, 4) is 0 Å². The normalized spacial score (nSPS) is 15.5. The van der Waals surface area contributed by atoms with Gasteiger partial charge in [0.2, 0.25) is 0 Å². The number of carbonyl (C=O) groups is 2. The molecular formula is C14H20N2O4. The summed E-state index contributed by atoms with van der Waals surface area (Å²) in [4.78, 5) is 24.9. The molecule has 1 aromatic rings. The summed E-state index contributed by atoms with van der Waals surface area (Å²) in [6.07, 6.45) is 4.33. The minimum atomic E-state index is -1.02. The second-order valence-corrected chi connectivity index (χ2v) is 5.22. The standard InChI is InChI=1S/C14H20N2O4/c1-3-9(2)16(8-12(17)18)14(19)13-10-6-4-5-7-11(10)20-15-13/h9H,3-8H2,1-2H3,(H,17,18)/t9-/m0/s1. The van der Waals surface area contributed by atoms with E-state index in [2.05, 4.69) is 5.16 Å². The summed E-state index contributed by atoms with van der Waals surface area (Å²) in [5.41, 5.74) is 1.15. The molecule has 0 radical (unpaired) electrons. The van der Waals surface area contributed by atoms with E-state index in [9.17, 15) is 9.59 Å². The van der Waals surface area contributed by atoms with Crippen molar-refractivity contribution in [3.63, 3.8) is 0 Å².